The molecule has 2 aromatic carbocycles. The molecule has 0 radical (unpaired) electrons. The highest BCUT2D eigenvalue weighted by molar-refractivity contribution is 6.30. The van der Waals surface area contributed by atoms with Gasteiger partial charge in [0, 0.05) is 18.8 Å². The lowest BCUT2D eigenvalue weighted by Gasteiger charge is -2.21. The SMILES string of the molecule is CCN(Cc1ccc(N)cc1)Cc1ccc(F)c(Cl)c1. The van der Waals surface area contributed by atoms with Crippen LogP contribution in [-0.4, -0.2) is 11.4 Å². The summed E-state index contributed by atoms with van der Waals surface area (Å²) in [7, 11) is 0. The average molecular weight is 293 g/mol. The number of nitrogen functional groups attached to an aromatic ring is 1. The zero-order chi connectivity index (χ0) is 14.5. The van der Waals surface area contributed by atoms with Gasteiger partial charge in [0.25, 0.3) is 0 Å². The van der Waals surface area contributed by atoms with Gasteiger partial charge in [0.05, 0.1) is 5.02 Å². The molecule has 0 aliphatic heterocycles. The first kappa shape index (κ1) is 14.8. The molecule has 106 valence electrons. The van der Waals surface area contributed by atoms with Gasteiger partial charge in [0.2, 0.25) is 0 Å². The van der Waals surface area contributed by atoms with Gasteiger partial charge in [-0.05, 0) is 41.9 Å². The average Bonchev–Trinajstić information content (AvgIpc) is 2.44. The lowest BCUT2D eigenvalue weighted by Crippen LogP contribution is -2.22. The maximum Gasteiger partial charge on any atom is 0.141 e. The van der Waals surface area contributed by atoms with Crippen molar-refractivity contribution in [1.29, 1.82) is 0 Å². The fourth-order valence-electron chi connectivity index (χ4n) is 2.06. The summed E-state index contributed by atoms with van der Waals surface area (Å²) in [6.45, 7) is 4.56. The van der Waals surface area contributed by atoms with Gasteiger partial charge < -0.3 is 5.73 Å². The van der Waals surface area contributed by atoms with E-state index in [1.807, 2.05) is 24.3 Å². The number of nitrogens with zero attached hydrogens (tertiary/aromatic N) is 1. The van der Waals surface area contributed by atoms with E-state index in [-0.39, 0.29) is 10.8 Å². The van der Waals surface area contributed by atoms with Crippen LogP contribution < -0.4 is 5.73 Å². The molecule has 0 atom stereocenters. The molecule has 0 aliphatic rings. The highest BCUT2D eigenvalue weighted by atomic mass is 35.5. The number of rotatable bonds is 5. The third-order valence-electron chi connectivity index (χ3n) is 3.22. The Morgan fingerprint density at radius 2 is 1.65 bits per heavy atom. The first-order chi connectivity index (χ1) is 9.58. The zero-order valence-corrected chi connectivity index (χ0v) is 12.2. The van der Waals surface area contributed by atoms with Gasteiger partial charge in [-0.25, -0.2) is 4.39 Å². The number of halogens is 2. The first-order valence-corrected chi connectivity index (χ1v) is 6.97. The summed E-state index contributed by atoms with van der Waals surface area (Å²) in [5.41, 5.74) is 8.66. The minimum atomic E-state index is -0.378. The molecule has 0 fully saturated rings. The van der Waals surface area contributed by atoms with Crippen LogP contribution in [-0.2, 0) is 13.1 Å². The normalized spacial score (nSPS) is 11.0. The van der Waals surface area contributed by atoms with Gasteiger partial charge in [-0.2, -0.15) is 0 Å². The lowest BCUT2D eigenvalue weighted by atomic mass is 10.1. The third-order valence-corrected chi connectivity index (χ3v) is 3.51. The van der Waals surface area contributed by atoms with Crippen LogP contribution in [0.1, 0.15) is 18.1 Å². The monoisotopic (exact) mass is 292 g/mol. The van der Waals surface area contributed by atoms with Crippen LogP contribution in [0.25, 0.3) is 0 Å². The Labute approximate surface area is 124 Å². The second-order valence-electron chi connectivity index (χ2n) is 4.79. The summed E-state index contributed by atoms with van der Waals surface area (Å²) in [4.78, 5) is 2.26. The second kappa shape index (κ2) is 6.73. The van der Waals surface area contributed by atoms with E-state index < -0.39 is 0 Å². The van der Waals surface area contributed by atoms with Crippen molar-refractivity contribution in [1.82, 2.24) is 4.90 Å². The largest absolute Gasteiger partial charge is 0.399 e. The standard InChI is InChI=1S/C16H18ClFN2/c1-2-20(10-12-3-6-14(19)7-4-12)11-13-5-8-16(18)15(17)9-13/h3-9H,2,10-11,19H2,1H3. The Hall–Kier alpha value is -1.58. The van der Waals surface area contributed by atoms with E-state index >= 15 is 0 Å². The molecule has 2 N–H and O–H groups in total. The molecule has 0 spiro atoms. The molecule has 0 amide bonds. The third kappa shape index (κ3) is 3.95. The fraction of sp³-hybridized carbons (Fsp3) is 0.250. The van der Waals surface area contributed by atoms with Crippen molar-refractivity contribution in [2.75, 3.05) is 12.3 Å². The highest BCUT2D eigenvalue weighted by Crippen LogP contribution is 2.18. The molecule has 2 rings (SSSR count). The molecule has 0 bridgehead atoms. The first-order valence-electron chi connectivity index (χ1n) is 6.59. The predicted octanol–water partition coefficient (Wildman–Crippen LogP) is 4.08. The van der Waals surface area contributed by atoms with Gasteiger partial charge in [0.1, 0.15) is 5.82 Å². The van der Waals surface area contributed by atoms with Crippen molar-refractivity contribution in [3.05, 3.63) is 64.4 Å². The Bertz CT molecular complexity index is 569. The number of hydrogen-bond donors (Lipinski definition) is 1. The minimum absolute atomic E-state index is 0.172. The van der Waals surface area contributed by atoms with Crippen LogP contribution in [0.4, 0.5) is 10.1 Å². The molecular formula is C16H18ClFN2. The summed E-state index contributed by atoms with van der Waals surface area (Å²) in [6, 6.07) is 12.7. The summed E-state index contributed by atoms with van der Waals surface area (Å²) >= 11 is 5.81. The van der Waals surface area contributed by atoms with Gasteiger partial charge in [-0.15, -0.1) is 0 Å². The molecule has 0 aromatic heterocycles. The van der Waals surface area contributed by atoms with E-state index in [0.717, 1.165) is 30.9 Å². The van der Waals surface area contributed by atoms with E-state index in [1.54, 1.807) is 12.1 Å². The topological polar surface area (TPSA) is 29.3 Å². The van der Waals surface area contributed by atoms with Crippen LogP contribution in [0.2, 0.25) is 5.02 Å². The summed E-state index contributed by atoms with van der Waals surface area (Å²) in [6.07, 6.45) is 0. The maximum atomic E-state index is 13.1. The quantitative estimate of drug-likeness (QED) is 0.841. The molecular weight excluding hydrogens is 275 g/mol. The van der Waals surface area contributed by atoms with Gasteiger partial charge in [0.15, 0.2) is 0 Å². The Morgan fingerprint density at radius 1 is 1.05 bits per heavy atom. The van der Waals surface area contributed by atoms with Crippen molar-refractivity contribution in [3.8, 4) is 0 Å². The molecule has 0 unspecified atom stereocenters. The van der Waals surface area contributed by atoms with Crippen LogP contribution in [0.3, 0.4) is 0 Å². The molecule has 2 aromatic rings. The van der Waals surface area contributed by atoms with Gasteiger partial charge >= 0.3 is 0 Å². The van der Waals surface area contributed by atoms with Crippen molar-refractivity contribution in [2.24, 2.45) is 0 Å². The smallest absolute Gasteiger partial charge is 0.141 e. The molecule has 4 heteroatoms. The molecule has 2 nitrogen and oxygen atoms in total. The molecule has 0 saturated heterocycles. The van der Waals surface area contributed by atoms with Crippen molar-refractivity contribution in [2.45, 2.75) is 20.0 Å². The van der Waals surface area contributed by atoms with Crippen LogP contribution in [0.15, 0.2) is 42.5 Å². The molecule has 0 aliphatic carbocycles. The van der Waals surface area contributed by atoms with Gasteiger partial charge in [-0.3, -0.25) is 4.90 Å². The predicted molar refractivity (Wildman–Crippen MR) is 82.1 cm³/mol. The Kier molecular flexibility index (Phi) is 4.99. The molecule has 20 heavy (non-hydrogen) atoms. The summed E-state index contributed by atoms with van der Waals surface area (Å²) in [5, 5.41) is 0.172. The van der Waals surface area contributed by atoms with Crippen LogP contribution >= 0.6 is 11.6 Å². The van der Waals surface area contributed by atoms with E-state index in [0.29, 0.717) is 0 Å². The van der Waals surface area contributed by atoms with Gasteiger partial charge in [-0.1, -0.05) is 36.7 Å². The van der Waals surface area contributed by atoms with Crippen LogP contribution in [0.5, 0.6) is 0 Å². The van der Waals surface area contributed by atoms with Crippen molar-refractivity contribution >= 4 is 17.3 Å². The van der Waals surface area contributed by atoms with Crippen molar-refractivity contribution in [3.63, 3.8) is 0 Å². The fourth-order valence-corrected chi connectivity index (χ4v) is 2.26. The maximum absolute atomic E-state index is 13.1. The van der Waals surface area contributed by atoms with E-state index in [4.69, 9.17) is 17.3 Å². The molecule has 0 heterocycles. The van der Waals surface area contributed by atoms with E-state index in [2.05, 4.69) is 11.8 Å². The van der Waals surface area contributed by atoms with Crippen molar-refractivity contribution < 1.29 is 4.39 Å². The second-order valence-corrected chi connectivity index (χ2v) is 5.20. The van der Waals surface area contributed by atoms with E-state index in [1.165, 1.54) is 11.6 Å². The number of hydrogen-bond acceptors (Lipinski definition) is 2. The minimum Gasteiger partial charge on any atom is -0.399 e. The Balaban J connectivity index is 2.04. The number of anilines is 1. The zero-order valence-electron chi connectivity index (χ0n) is 11.4. The highest BCUT2D eigenvalue weighted by Gasteiger charge is 2.07. The summed E-state index contributed by atoms with van der Waals surface area (Å²) < 4.78 is 13.1. The molecule has 0 saturated carbocycles. The number of nitrogens with two attached hydrogens (primary N) is 1. The summed E-state index contributed by atoms with van der Waals surface area (Å²) in [5.74, 6) is -0.378. The lowest BCUT2D eigenvalue weighted by molar-refractivity contribution is 0.271. The van der Waals surface area contributed by atoms with Crippen LogP contribution in [0, 0.1) is 5.82 Å². The number of benzene rings is 2. The Morgan fingerprint density at radius 3 is 2.25 bits per heavy atom. The van der Waals surface area contributed by atoms with E-state index in [9.17, 15) is 4.39 Å².